The number of nitrogens with one attached hydrogen (secondary N) is 1. The van der Waals surface area contributed by atoms with E-state index in [1.54, 1.807) is 0 Å². The maximum Gasteiger partial charge on any atom is 0.239 e. The van der Waals surface area contributed by atoms with E-state index in [1.807, 2.05) is 11.9 Å². The molecule has 1 atom stereocenters. The van der Waals surface area contributed by atoms with Gasteiger partial charge in [-0.25, -0.2) is 0 Å². The summed E-state index contributed by atoms with van der Waals surface area (Å²) in [5.74, 6) is 0.272. The van der Waals surface area contributed by atoms with Gasteiger partial charge in [-0.1, -0.05) is 0 Å². The van der Waals surface area contributed by atoms with Crippen LogP contribution in [0.25, 0.3) is 0 Å². The molecule has 2 aliphatic rings. The number of hydrogen-bond donors (Lipinski definition) is 1. The SMILES string of the molecule is CN1CCC(NC2CCN(C)C2=O)CC1. The highest BCUT2D eigenvalue weighted by Gasteiger charge is 2.31. The van der Waals surface area contributed by atoms with E-state index in [2.05, 4.69) is 17.3 Å². The lowest BCUT2D eigenvalue weighted by Crippen LogP contribution is -2.47. The molecule has 0 bridgehead atoms. The van der Waals surface area contributed by atoms with E-state index in [0.29, 0.717) is 6.04 Å². The Morgan fingerprint density at radius 2 is 1.80 bits per heavy atom. The monoisotopic (exact) mass is 211 g/mol. The Morgan fingerprint density at radius 3 is 2.33 bits per heavy atom. The predicted molar refractivity (Wildman–Crippen MR) is 59.7 cm³/mol. The van der Waals surface area contributed by atoms with Gasteiger partial charge in [-0.2, -0.15) is 0 Å². The predicted octanol–water partition coefficient (Wildman–Crippen LogP) is -0.0991. The summed E-state index contributed by atoms with van der Waals surface area (Å²) in [4.78, 5) is 15.9. The highest BCUT2D eigenvalue weighted by atomic mass is 16.2. The third-order valence-electron chi connectivity index (χ3n) is 3.58. The van der Waals surface area contributed by atoms with Crippen LogP contribution in [0.15, 0.2) is 0 Å². The standard InChI is InChI=1S/C11H21N3O/c1-13-6-3-9(4-7-13)12-10-5-8-14(2)11(10)15/h9-10,12H,3-8H2,1-2H3. The number of carbonyl (C=O) groups is 1. The number of hydrogen-bond acceptors (Lipinski definition) is 3. The topological polar surface area (TPSA) is 35.6 Å². The molecule has 0 aromatic carbocycles. The summed E-state index contributed by atoms with van der Waals surface area (Å²) < 4.78 is 0. The van der Waals surface area contributed by atoms with Gasteiger partial charge in [0.15, 0.2) is 0 Å². The van der Waals surface area contributed by atoms with Crippen LogP contribution < -0.4 is 5.32 Å². The van der Waals surface area contributed by atoms with Gasteiger partial charge in [0.05, 0.1) is 6.04 Å². The lowest BCUT2D eigenvalue weighted by Gasteiger charge is -2.31. The first kappa shape index (κ1) is 10.9. The van der Waals surface area contributed by atoms with E-state index in [1.165, 1.54) is 12.8 Å². The third kappa shape index (κ3) is 2.49. The van der Waals surface area contributed by atoms with E-state index in [9.17, 15) is 4.79 Å². The Hall–Kier alpha value is -0.610. The molecule has 4 nitrogen and oxygen atoms in total. The van der Waals surface area contributed by atoms with Crippen LogP contribution in [0, 0.1) is 0 Å². The molecule has 2 heterocycles. The molecule has 0 aliphatic carbocycles. The summed E-state index contributed by atoms with van der Waals surface area (Å²) in [5, 5.41) is 3.50. The van der Waals surface area contributed by atoms with E-state index in [4.69, 9.17) is 0 Å². The van der Waals surface area contributed by atoms with Gasteiger partial charge < -0.3 is 15.1 Å². The zero-order valence-corrected chi connectivity index (χ0v) is 9.70. The number of carbonyl (C=O) groups excluding carboxylic acids is 1. The Morgan fingerprint density at radius 1 is 1.13 bits per heavy atom. The first-order valence-corrected chi connectivity index (χ1v) is 5.86. The molecule has 1 amide bonds. The molecular formula is C11H21N3O. The minimum atomic E-state index is 0.0865. The van der Waals surface area contributed by atoms with Crippen molar-refractivity contribution >= 4 is 5.91 Å². The average molecular weight is 211 g/mol. The van der Waals surface area contributed by atoms with Crippen LogP contribution >= 0.6 is 0 Å². The van der Waals surface area contributed by atoms with Crippen molar-refractivity contribution in [3.63, 3.8) is 0 Å². The fourth-order valence-electron chi connectivity index (χ4n) is 2.44. The Kier molecular flexibility index (Phi) is 3.26. The van der Waals surface area contributed by atoms with Crippen LogP contribution in [-0.2, 0) is 4.79 Å². The van der Waals surface area contributed by atoms with Crippen molar-refractivity contribution < 1.29 is 4.79 Å². The van der Waals surface area contributed by atoms with E-state index in [0.717, 1.165) is 26.1 Å². The van der Waals surface area contributed by atoms with Gasteiger partial charge >= 0.3 is 0 Å². The number of likely N-dealkylation sites (tertiary alicyclic amines) is 2. The number of piperidine rings is 1. The van der Waals surface area contributed by atoms with Crippen LogP contribution in [0.3, 0.4) is 0 Å². The van der Waals surface area contributed by atoms with Crippen molar-refractivity contribution in [3.8, 4) is 0 Å². The normalized spacial score (nSPS) is 30.1. The lowest BCUT2D eigenvalue weighted by molar-refractivity contribution is -0.128. The molecule has 4 heteroatoms. The summed E-state index contributed by atoms with van der Waals surface area (Å²) in [5.41, 5.74) is 0. The third-order valence-corrected chi connectivity index (χ3v) is 3.58. The summed E-state index contributed by atoms with van der Waals surface area (Å²) in [6.45, 7) is 3.20. The fourth-order valence-corrected chi connectivity index (χ4v) is 2.44. The van der Waals surface area contributed by atoms with Crippen molar-refractivity contribution in [2.45, 2.75) is 31.3 Å². The molecule has 0 aromatic rings. The van der Waals surface area contributed by atoms with Crippen LogP contribution in [-0.4, -0.2) is 61.5 Å². The zero-order chi connectivity index (χ0) is 10.8. The van der Waals surface area contributed by atoms with Crippen molar-refractivity contribution in [2.24, 2.45) is 0 Å². The van der Waals surface area contributed by atoms with Gasteiger partial charge in [-0.05, 0) is 39.4 Å². The molecular weight excluding hydrogens is 190 g/mol. The van der Waals surface area contributed by atoms with Gasteiger partial charge in [0, 0.05) is 19.6 Å². The zero-order valence-electron chi connectivity index (χ0n) is 9.70. The number of likely N-dealkylation sites (N-methyl/N-ethyl adjacent to an activating group) is 1. The Labute approximate surface area is 91.6 Å². The van der Waals surface area contributed by atoms with Crippen LogP contribution in [0.4, 0.5) is 0 Å². The van der Waals surface area contributed by atoms with Gasteiger partial charge in [-0.3, -0.25) is 4.79 Å². The molecule has 2 saturated heterocycles. The second-order valence-corrected chi connectivity index (χ2v) is 4.85. The molecule has 0 radical (unpaired) electrons. The molecule has 86 valence electrons. The minimum absolute atomic E-state index is 0.0865. The lowest BCUT2D eigenvalue weighted by atomic mass is 10.0. The van der Waals surface area contributed by atoms with Gasteiger partial charge in [-0.15, -0.1) is 0 Å². The quantitative estimate of drug-likeness (QED) is 0.693. The minimum Gasteiger partial charge on any atom is -0.344 e. The second kappa shape index (κ2) is 4.49. The average Bonchev–Trinajstić information content (AvgIpc) is 2.53. The van der Waals surface area contributed by atoms with Crippen molar-refractivity contribution in [1.29, 1.82) is 0 Å². The van der Waals surface area contributed by atoms with Crippen LogP contribution in [0.5, 0.6) is 0 Å². The Bertz CT molecular complexity index is 236. The van der Waals surface area contributed by atoms with Gasteiger partial charge in [0.2, 0.25) is 5.91 Å². The largest absolute Gasteiger partial charge is 0.344 e. The fraction of sp³-hybridized carbons (Fsp3) is 0.909. The molecule has 0 saturated carbocycles. The van der Waals surface area contributed by atoms with Gasteiger partial charge in [0.25, 0.3) is 0 Å². The van der Waals surface area contributed by atoms with Crippen LogP contribution in [0.2, 0.25) is 0 Å². The molecule has 2 aliphatic heterocycles. The van der Waals surface area contributed by atoms with Crippen molar-refractivity contribution in [3.05, 3.63) is 0 Å². The van der Waals surface area contributed by atoms with E-state index >= 15 is 0 Å². The molecule has 0 aromatic heterocycles. The molecule has 1 unspecified atom stereocenters. The van der Waals surface area contributed by atoms with Crippen LogP contribution in [0.1, 0.15) is 19.3 Å². The Balaban J connectivity index is 1.80. The molecule has 1 N–H and O–H groups in total. The first-order valence-electron chi connectivity index (χ1n) is 5.86. The first-order chi connectivity index (χ1) is 7.16. The maximum absolute atomic E-state index is 11.7. The summed E-state index contributed by atoms with van der Waals surface area (Å²) in [6, 6.07) is 0.630. The molecule has 15 heavy (non-hydrogen) atoms. The smallest absolute Gasteiger partial charge is 0.239 e. The number of amides is 1. The highest BCUT2D eigenvalue weighted by Crippen LogP contribution is 2.14. The van der Waals surface area contributed by atoms with Gasteiger partial charge in [0.1, 0.15) is 0 Å². The maximum atomic E-state index is 11.7. The molecule has 2 rings (SSSR count). The summed E-state index contributed by atoms with van der Waals surface area (Å²) in [7, 11) is 4.05. The van der Waals surface area contributed by atoms with E-state index in [-0.39, 0.29) is 11.9 Å². The summed E-state index contributed by atoms with van der Waals surface area (Å²) in [6.07, 6.45) is 3.32. The molecule has 0 spiro atoms. The molecule has 2 fully saturated rings. The van der Waals surface area contributed by atoms with E-state index < -0.39 is 0 Å². The number of nitrogens with zero attached hydrogens (tertiary/aromatic N) is 2. The number of rotatable bonds is 2. The highest BCUT2D eigenvalue weighted by molar-refractivity contribution is 5.83. The van der Waals surface area contributed by atoms with Crippen molar-refractivity contribution in [1.82, 2.24) is 15.1 Å². The second-order valence-electron chi connectivity index (χ2n) is 4.85. The van der Waals surface area contributed by atoms with Crippen molar-refractivity contribution in [2.75, 3.05) is 33.7 Å². The summed E-state index contributed by atoms with van der Waals surface area (Å²) >= 11 is 0.